The molecule has 28 heavy (non-hydrogen) atoms. The number of likely N-dealkylation sites (tertiary alicyclic amines) is 1. The zero-order chi connectivity index (χ0) is 19.6. The third-order valence-corrected chi connectivity index (χ3v) is 5.65. The number of carbonyl (C=O) groups is 1. The first-order valence-electron chi connectivity index (χ1n) is 9.51. The van der Waals surface area contributed by atoms with Gasteiger partial charge in [0, 0.05) is 37.7 Å². The van der Waals surface area contributed by atoms with E-state index in [1.54, 1.807) is 12.4 Å². The van der Waals surface area contributed by atoms with E-state index >= 15 is 0 Å². The predicted octanol–water partition coefficient (Wildman–Crippen LogP) is 1.41. The zero-order valence-electron chi connectivity index (χ0n) is 15.8. The number of nitrogens with one attached hydrogen (secondary N) is 2. The number of aromatic nitrogens is 1. The minimum absolute atomic E-state index is 0.222. The number of hydrogen-bond donors (Lipinski definition) is 2. The van der Waals surface area contributed by atoms with Gasteiger partial charge in [-0.05, 0) is 43.2 Å². The summed E-state index contributed by atoms with van der Waals surface area (Å²) in [5.74, 6) is 2.12. The Hall–Kier alpha value is -2.86. The van der Waals surface area contributed by atoms with Gasteiger partial charge in [0.2, 0.25) is 12.2 Å². The second kappa shape index (κ2) is 7.64. The van der Waals surface area contributed by atoms with Crippen LogP contribution in [0.4, 0.5) is 10.5 Å². The van der Waals surface area contributed by atoms with Gasteiger partial charge in [-0.1, -0.05) is 0 Å². The number of guanidine groups is 1. The SMILES string of the molecule is CC1(OC(=O)N2C[C@@H]3[C@@H](CCN/C(=N\C#N)Nc4ccncc4)[C@@H]3C2)COC1. The van der Waals surface area contributed by atoms with Gasteiger partial charge in [0.1, 0.15) is 0 Å². The Morgan fingerprint density at radius 1 is 1.43 bits per heavy atom. The molecule has 0 spiro atoms. The maximum absolute atomic E-state index is 12.3. The summed E-state index contributed by atoms with van der Waals surface area (Å²) >= 11 is 0. The summed E-state index contributed by atoms with van der Waals surface area (Å²) in [5, 5.41) is 15.1. The van der Waals surface area contributed by atoms with Crippen LogP contribution in [0.25, 0.3) is 0 Å². The van der Waals surface area contributed by atoms with E-state index in [1.807, 2.05) is 30.1 Å². The normalized spacial score (nSPS) is 27.2. The smallest absolute Gasteiger partial charge is 0.410 e. The highest BCUT2D eigenvalue weighted by Crippen LogP contribution is 2.53. The lowest BCUT2D eigenvalue weighted by Gasteiger charge is -2.38. The first kappa shape index (κ1) is 18.5. The van der Waals surface area contributed by atoms with Crippen molar-refractivity contribution in [1.29, 1.82) is 5.26 Å². The van der Waals surface area contributed by atoms with Crippen LogP contribution in [-0.4, -0.2) is 60.4 Å². The molecule has 3 fully saturated rings. The maximum atomic E-state index is 12.3. The lowest BCUT2D eigenvalue weighted by Crippen LogP contribution is -2.52. The number of piperidine rings is 1. The Kier molecular flexibility index (Phi) is 5.05. The van der Waals surface area contributed by atoms with Crippen LogP contribution in [0.15, 0.2) is 29.5 Å². The molecule has 1 aromatic rings. The average Bonchev–Trinajstić information content (AvgIpc) is 3.10. The molecule has 9 nitrogen and oxygen atoms in total. The molecule has 1 aromatic heterocycles. The molecule has 1 amide bonds. The number of nitriles is 1. The molecule has 1 saturated carbocycles. The van der Waals surface area contributed by atoms with Crippen molar-refractivity contribution >= 4 is 17.7 Å². The summed E-state index contributed by atoms with van der Waals surface area (Å²) in [6.07, 6.45) is 5.91. The van der Waals surface area contributed by atoms with Crippen LogP contribution in [0, 0.1) is 29.2 Å². The first-order chi connectivity index (χ1) is 13.6. The molecule has 0 radical (unpaired) electrons. The van der Waals surface area contributed by atoms with E-state index in [4.69, 9.17) is 14.7 Å². The maximum Gasteiger partial charge on any atom is 0.410 e. The molecule has 9 heteroatoms. The Labute approximate surface area is 163 Å². The molecular weight excluding hydrogens is 360 g/mol. The fourth-order valence-electron chi connectivity index (χ4n) is 4.04. The van der Waals surface area contributed by atoms with E-state index in [2.05, 4.69) is 20.6 Å². The van der Waals surface area contributed by atoms with Crippen molar-refractivity contribution in [3.05, 3.63) is 24.5 Å². The van der Waals surface area contributed by atoms with Gasteiger partial charge in [-0.3, -0.25) is 4.98 Å². The van der Waals surface area contributed by atoms with Gasteiger partial charge in [-0.2, -0.15) is 5.26 Å². The number of ether oxygens (including phenoxy) is 2. The first-order valence-corrected chi connectivity index (χ1v) is 9.51. The van der Waals surface area contributed by atoms with Crippen LogP contribution in [0.1, 0.15) is 13.3 Å². The van der Waals surface area contributed by atoms with Gasteiger partial charge in [0.15, 0.2) is 5.60 Å². The van der Waals surface area contributed by atoms with E-state index in [9.17, 15) is 4.79 Å². The van der Waals surface area contributed by atoms with Crippen molar-refractivity contribution in [3.63, 3.8) is 0 Å². The summed E-state index contributed by atoms with van der Waals surface area (Å²) in [6, 6.07) is 3.62. The lowest BCUT2D eigenvalue weighted by atomic mass is 10.1. The van der Waals surface area contributed by atoms with Crippen molar-refractivity contribution < 1.29 is 14.3 Å². The molecule has 2 aliphatic heterocycles. The number of pyridine rings is 1. The van der Waals surface area contributed by atoms with Crippen molar-refractivity contribution in [2.24, 2.45) is 22.7 Å². The van der Waals surface area contributed by atoms with Crippen LogP contribution in [0.2, 0.25) is 0 Å². The van der Waals surface area contributed by atoms with Gasteiger partial charge in [-0.15, -0.1) is 4.99 Å². The number of amides is 1. The van der Waals surface area contributed by atoms with Gasteiger partial charge in [0.25, 0.3) is 0 Å². The molecule has 2 saturated heterocycles. The number of rotatable bonds is 5. The molecule has 3 aliphatic rings. The molecule has 1 aliphatic carbocycles. The number of carbonyl (C=O) groups excluding carboxylic acids is 1. The monoisotopic (exact) mass is 384 g/mol. The molecule has 3 heterocycles. The minimum Gasteiger partial charge on any atom is -0.438 e. The Balaban J connectivity index is 1.18. The van der Waals surface area contributed by atoms with Crippen molar-refractivity contribution in [1.82, 2.24) is 15.2 Å². The summed E-state index contributed by atoms with van der Waals surface area (Å²) in [4.78, 5) is 21.8. The lowest BCUT2D eigenvalue weighted by molar-refractivity contribution is -0.171. The summed E-state index contributed by atoms with van der Waals surface area (Å²) in [7, 11) is 0. The fourth-order valence-corrected chi connectivity index (χ4v) is 4.04. The number of nitrogens with zero attached hydrogens (tertiary/aromatic N) is 4. The third-order valence-electron chi connectivity index (χ3n) is 5.65. The summed E-state index contributed by atoms with van der Waals surface area (Å²) in [5.41, 5.74) is 0.366. The molecule has 0 aromatic carbocycles. The van der Waals surface area contributed by atoms with E-state index < -0.39 is 5.60 Å². The minimum atomic E-state index is -0.453. The van der Waals surface area contributed by atoms with E-state index in [1.165, 1.54) is 0 Å². The van der Waals surface area contributed by atoms with Crippen molar-refractivity contribution in [2.45, 2.75) is 18.9 Å². The number of hydrogen-bond acceptors (Lipinski definition) is 6. The second-order valence-electron chi connectivity index (χ2n) is 7.84. The van der Waals surface area contributed by atoms with Crippen LogP contribution < -0.4 is 10.6 Å². The fraction of sp³-hybridized carbons (Fsp3) is 0.579. The highest BCUT2D eigenvalue weighted by atomic mass is 16.6. The standard InChI is InChI=1S/C19H24N6O3/c1-19(10-27-11-19)28-18(26)25-8-15-14(16(15)9-25)4-7-22-17(23-12-20)24-13-2-5-21-6-3-13/h2-3,5-6,14-16H,4,7-11H2,1H3,(H2,21,22,23,24)/t14-,15-,16+. The molecule has 148 valence electrons. The highest BCUT2D eigenvalue weighted by Gasteiger charge is 2.56. The highest BCUT2D eigenvalue weighted by molar-refractivity contribution is 5.94. The van der Waals surface area contributed by atoms with Crippen molar-refractivity contribution in [3.8, 4) is 6.19 Å². The Bertz CT molecular complexity index is 777. The number of aliphatic imine (C=N–C) groups is 1. The molecule has 4 rings (SSSR count). The zero-order valence-corrected chi connectivity index (χ0v) is 15.8. The third kappa shape index (κ3) is 4.02. The van der Waals surface area contributed by atoms with Gasteiger partial charge < -0.3 is 25.0 Å². The summed E-state index contributed by atoms with van der Waals surface area (Å²) < 4.78 is 10.7. The van der Waals surface area contributed by atoms with E-state index in [0.717, 1.165) is 31.7 Å². The second-order valence-corrected chi connectivity index (χ2v) is 7.84. The number of fused-ring (bicyclic) bond motifs is 1. The van der Waals surface area contributed by atoms with Crippen LogP contribution >= 0.6 is 0 Å². The molecule has 2 N–H and O–H groups in total. The van der Waals surface area contributed by atoms with E-state index in [-0.39, 0.29) is 6.09 Å². The molecule has 3 atom stereocenters. The quantitative estimate of drug-likeness (QED) is 0.448. The van der Waals surface area contributed by atoms with Crippen LogP contribution in [-0.2, 0) is 9.47 Å². The van der Waals surface area contributed by atoms with Gasteiger partial charge in [0.05, 0.1) is 13.2 Å². The van der Waals surface area contributed by atoms with Crippen LogP contribution in [0.3, 0.4) is 0 Å². The topological polar surface area (TPSA) is 112 Å². The molecular formula is C19H24N6O3. The van der Waals surface area contributed by atoms with Gasteiger partial charge >= 0.3 is 6.09 Å². The average molecular weight is 384 g/mol. The largest absolute Gasteiger partial charge is 0.438 e. The van der Waals surface area contributed by atoms with Crippen LogP contribution in [0.5, 0.6) is 0 Å². The Morgan fingerprint density at radius 2 is 2.14 bits per heavy atom. The summed E-state index contributed by atoms with van der Waals surface area (Å²) in [6.45, 7) is 5.11. The Morgan fingerprint density at radius 3 is 2.75 bits per heavy atom. The van der Waals surface area contributed by atoms with Gasteiger partial charge in [-0.25, -0.2) is 4.79 Å². The predicted molar refractivity (Wildman–Crippen MR) is 101 cm³/mol. The van der Waals surface area contributed by atoms with E-state index in [0.29, 0.717) is 36.9 Å². The molecule has 0 bridgehead atoms. The van der Waals surface area contributed by atoms with Crippen molar-refractivity contribution in [2.75, 3.05) is 38.2 Å². The number of anilines is 1. The molecule has 0 unspecified atom stereocenters.